The van der Waals surface area contributed by atoms with E-state index in [-0.39, 0.29) is 18.3 Å². The number of piperidine rings is 1. The topological polar surface area (TPSA) is 59.6 Å². The summed E-state index contributed by atoms with van der Waals surface area (Å²) in [5, 5.41) is 6.21. The zero-order chi connectivity index (χ0) is 16.7. The van der Waals surface area contributed by atoms with Gasteiger partial charge in [-0.1, -0.05) is 13.8 Å². The molecule has 0 atom stereocenters. The Morgan fingerprint density at radius 2 is 1.88 bits per heavy atom. The molecule has 0 aromatic heterocycles. The Hall–Kier alpha value is -1.30. The molecule has 1 heterocycles. The molecule has 0 spiro atoms. The van der Waals surface area contributed by atoms with Gasteiger partial charge in [0.05, 0.1) is 6.61 Å². The number of benzene rings is 1. The lowest BCUT2D eigenvalue weighted by atomic mass is 9.91. The number of ether oxygens (including phenoxy) is 2. The van der Waals surface area contributed by atoms with Crippen LogP contribution >= 0.6 is 12.4 Å². The molecule has 1 amide bonds. The van der Waals surface area contributed by atoms with Crippen LogP contribution in [0, 0.1) is 5.92 Å². The molecule has 0 unspecified atom stereocenters. The van der Waals surface area contributed by atoms with Gasteiger partial charge in [-0.15, -0.1) is 12.4 Å². The van der Waals surface area contributed by atoms with Crippen molar-refractivity contribution in [3.05, 3.63) is 24.3 Å². The first-order valence-corrected chi connectivity index (χ1v) is 8.36. The highest BCUT2D eigenvalue weighted by atomic mass is 35.5. The molecule has 0 radical (unpaired) electrons. The molecule has 2 rings (SSSR count). The molecule has 2 N–H and O–H groups in total. The summed E-state index contributed by atoms with van der Waals surface area (Å²) in [4.78, 5) is 12.6. The highest BCUT2D eigenvalue weighted by Crippen LogP contribution is 2.25. The Balaban J connectivity index is 0.00000288. The lowest BCUT2D eigenvalue weighted by Crippen LogP contribution is -2.51. The van der Waals surface area contributed by atoms with Gasteiger partial charge >= 0.3 is 0 Å². The average Bonchev–Trinajstić information content (AvgIpc) is 2.56. The maximum atomic E-state index is 12.6. The molecular formula is C18H29ClN2O3. The summed E-state index contributed by atoms with van der Waals surface area (Å²) in [6, 6.07) is 7.51. The van der Waals surface area contributed by atoms with Gasteiger partial charge in [0.25, 0.3) is 5.91 Å². The highest BCUT2D eigenvalue weighted by molar-refractivity contribution is 5.97. The van der Waals surface area contributed by atoms with Crippen LogP contribution < -0.4 is 15.4 Å². The third kappa shape index (κ3) is 5.65. The van der Waals surface area contributed by atoms with Gasteiger partial charge in [-0.2, -0.15) is 0 Å². The van der Waals surface area contributed by atoms with E-state index in [0.717, 1.165) is 30.9 Å². The molecule has 1 saturated heterocycles. The van der Waals surface area contributed by atoms with Gasteiger partial charge in [0, 0.05) is 12.8 Å². The second-order valence-electron chi connectivity index (χ2n) is 6.46. The Bertz CT molecular complexity index is 499. The number of hydrogen-bond donors (Lipinski definition) is 2. The number of anilines is 1. The van der Waals surface area contributed by atoms with E-state index in [2.05, 4.69) is 24.5 Å². The average molecular weight is 357 g/mol. The van der Waals surface area contributed by atoms with Crippen LogP contribution in [-0.2, 0) is 9.53 Å². The van der Waals surface area contributed by atoms with Crippen LogP contribution in [0.15, 0.2) is 24.3 Å². The number of carbonyl (C=O) groups excluding carboxylic acids is 1. The minimum Gasteiger partial charge on any atom is -0.494 e. The van der Waals surface area contributed by atoms with Gasteiger partial charge < -0.3 is 20.1 Å². The summed E-state index contributed by atoms with van der Waals surface area (Å²) >= 11 is 0. The summed E-state index contributed by atoms with van der Waals surface area (Å²) < 4.78 is 11.2. The van der Waals surface area contributed by atoms with Crippen molar-refractivity contribution in [2.75, 3.05) is 32.1 Å². The number of halogens is 1. The largest absolute Gasteiger partial charge is 0.494 e. The zero-order valence-corrected chi connectivity index (χ0v) is 15.6. The fourth-order valence-corrected chi connectivity index (χ4v) is 2.65. The molecule has 136 valence electrons. The van der Waals surface area contributed by atoms with E-state index < -0.39 is 5.60 Å². The van der Waals surface area contributed by atoms with Crippen molar-refractivity contribution in [2.45, 2.75) is 38.7 Å². The predicted molar refractivity (Wildman–Crippen MR) is 99.1 cm³/mol. The quantitative estimate of drug-likeness (QED) is 0.787. The van der Waals surface area contributed by atoms with Crippen LogP contribution in [0.5, 0.6) is 5.75 Å². The lowest BCUT2D eigenvalue weighted by Gasteiger charge is -2.34. The molecule has 6 heteroatoms. The second-order valence-corrected chi connectivity index (χ2v) is 6.46. The molecule has 1 aliphatic heterocycles. The molecule has 1 aromatic rings. The van der Waals surface area contributed by atoms with Crippen molar-refractivity contribution in [3.63, 3.8) is 0 Å². The Morgan fingerprint density at radius 1 is 1.25 bits per heavy atom. The number of nitrogens with one attached hydrogen (secondary N) is 2. The monoisotopic (exact) mass is 356 g/mol. The van der Waals surface area contributed by atoms with E-state index >= 15 is 0 Å². The van der Waals surface area contributed by atoms with Gasteiger partial charge in [-0.3, -0.25) is 4.79 Å². The fourth-order valence-electron chi connectivity index (χ4n) is 2.65. The summed E-state index contributed by atoms with van der Waals surface area (Å²) in [6.07, 6.45) is 2.40. The van der Waals surface area contributed by atoms with Crippen molar-refractivity contribution < 1.29 is 14.3 Å². The smallest absolute Gasteiger partial charge is 0.256 e. The van der Waals surface area contributed by atoms with Crippen molar-refractivity contribution in [2.24, 2.45) is 5.92 Å². The van der Waals surface area contributed by atoms with E-state index in [0.29, 0.717) is 25.4 Å². The van der Waals surface area contributed by atoms with Crippen molar-refractivity contribution in [1.82, 2.24) is 5.32 Å². The highest BCUT2D eigenvalue weighted by Gasteiger charge is 2.39. The molecule has 1 fully saturated rings. The van der Waals surface area contributed by atoms with Crippen LogP contribution in [0.3, 0.4) is 0 Å². The van der Waals surface area contributed by atoms with Gasteiger partial charge in [0.2, 0.25) is 0 Å². The normalized spacial score (nSPS) is 16.3. The first-order valence-electron chi connectivity index (χ1n) is 8.36. The van der Waals surface area contributed by atoms with E-state index in [1.54, 1.807) is 7.11 Å². The number of carbonyl (C=O) groups is 1. The SMILES string of the molecule is COC1(C(=O)Nc2ccc(OCCC(C)C)cc2)CCNCC1.Cl. The standard InChI is InChI=1S/C18H28N2O3.ClH/c1-14(2)8-13-23-16-6-4-15(5-7-16)20-17(21)18(22-3)9-11-19-12-10-18;/h4-7,14,19H,8-13H2,1-3H3,(H,20,21);1H. The Morgan fingerprint density at radius 3 is 2.42 bits per heavy atom. The van der Waals surface area contributed by atoms with Crippen LogP contribution in [0.4, 0.5) is 5.69 Å². The maximum Gasteiger partial charge on any atom is 0.256 e. The maximum absolute atomic E-state index is 12.6. The molecule has 1 aromatic carbocycles. The van der Waals surface area contributed by atoms with Crippen LogP contribution in [0.25, 0.3) is 0 Å². The summed E-state index contributed by atoms with van der Waals surface area (Å²) in [6.45, 7) is 6.65. The fraction of sp³-hybridized carbons (Fsp3) is 0.611. The molecule has 0 saturated carbocycles. The van der Waals surface area contributed by atoms with Crippen molar-refractivity contribution in [1.29, 1.82) is 0 Å². The first kappa shape index (κ1) is 20.7. The van der Waals surface area contributed by atoms with Crippen molar-refractivity contribution >= 4 is 24.0 Å². The summed E-state index contributed by atoms with van der Waals surface area (Å²) in [7, 11) is 1.61. The third-order valence-electron chi connectivity index (χ3n) is 4.29. The Labute approximate surface area is 150 Å². The summed E-state index contributed by atoms with van der Waals surface area (Å²) in [5.74, 6) is 1.38. The number of rotatable bonds is 7. The van der Waals surface area contributed by atoms with E-state index in [1.165, 1.54) is 0 Å². The molecular weight excluding hydrogens is 328 g/mol. The second kappa shape index (κ2) is 9.87. The molecule has 0 aliphatic carbocycles. The van der Waals surface area contributed by atoms with Crippen molar-refractivity contribution in [3.8, 4) is 5.75 Å². The van der Waals surface area contributed by atoms with E-state index in [1.807, 2.05) is 24.3 Å². The minimum atomic E-state index is -0.725. The molecule has 24 heavy (non-hydrogen) atoms. The van der Waals surface area contributed by atoms with Crippen LogP contribution in [0.2, 0.25) is 0 Å². The lowest BCUT2D eigenvalue weighted by molar-refractivity contribution is -0.140. The van der Waals surface area contributed by atoms with Gasteiger partial charge in [0.15, 0.2) is 0 Å². The van der Waals surface area contributed by atoms with Gasteiger partial charge in [0.1, 0.15) is 11.4 Å². The minimum absolute atomic E-state index is 0. The Kier molecular flexibility index (Phi) is 8.53. The molecule has 5 nitrogen and oxygen atoms in total. The number of hydrogen-bond acceptors (Lipinski definition) is 4. The zero-order valence-electron chi connectivity index (χ0n) is 14.8. The predicted octanol–water partition coefficient (Wildman–Crippen LogP) is 3.24. The van der Waals surface area contributed by atoms with Crippen LogP contribution in [-0.4, -0.2) is 38.3 Å². The third-order valence-corrected chi connectivity index (χ3v) is 4.29. The van der Waals surface area contributed by atoms with Gasteiger partial charge in [-0.05, 0) is 62.5 Å². The summed E-state index contributed by atoms with van der Waals surface area (Å²) in [5.41, 5.74) is 0.0405. The first-order chi connectivity index (χ1) is 11.1. The molecule has 0 bridgehead atoms. The number of amides is 1. The van der Waals surface area contributed by atoms with Gasteiger partial charge in [-0.25, -0.2) is 0 Å². The molecule has 1 aliphatic rings. The van der Waals surface area contributed by atoms with E-state index in [4.69, 9.17) is 9.47 Å². The van der Waals surface area contributed by atoms with Crippen LogP contribution in [0.1, 0.15) is 33.1 Å². The van der Waals surface area contributed by atoms with E-state index in [9.17, 15) is 4.79 Å². The number of methoxy groups -OCH3 is 1.